The van der Waals surface area contributed by atoms with E-state index in [1.807, 2.05) is 42.5 Å². The molecule has 1 aliphatic heterocycles. The van der Waals surface area contributed by atoms with Gasteiger partial charge < -0.3 is 10.2 Å². The largest absolute Gasteiger partial charge is 0.355 e. The fourth-order valence-electron chi connectivity index (χ4n) is 3.24. The summed E-state index contributed by atoms with van der Waals surface area (Å²) >= 11 is 5.97. The maximum absolute atomic E-state index is 12.4. The lowest BCUT2D eigenvalue weighted by molar-refractivity contribution is -0.129. The van der Waals surface area contributed by atoms with Gasteiger partial charge in [-0.25, -0.2) is 0 Å². The number of hydrogen-bond donors (Lipinski definition) is 1. The van der Waals surface area contributed by atoms with Crippen LogP contribution in [0, 0.1) is 5.92 Å². The number of rotatable bonds is 7. The lowest BCUT2D eigenvalue weighted by Crippen LogP contribution is -2.34. The van der Waals surface area contributed by atoms with E-state index in [1.54, 1.807) is 4.90 Å². The summed E-state index contributed by atoms with van der Waals surface area (Å²) in [5.41, 5.74) is 2.29. The Morgan fingerprint density at radius 1 is 1.08 bits per heavy atom. The molecule has 0 radical (unpaired) electrons. The first-order valence-electron chi connectivity index (χ1n) is 8.95. The van der Waals surface area contributed by atoms with E-state index in [1.165, 1.54) is 5.56 Å². The Balaban J connectivity index is 1.43. The highest BCUT2D eigenvalue weighted by atomic mass is 35.5. The van der Waals surface area contributed by atoms with Gasteiger partial charge in [-0.1, -0.05) is 54.1 Å². The lowest BCUT2D eigenvalue weighted by Gasteiger charge is -2.16. The number of carbonyl (C=O) groups is 2. The standard InChI is InChI=1S/C21H23ClN2O2/c22-19-8-4-7-17(13-19)9-11-23-21(26)18-14-20(25)24(15-18)12-10-16-5-2-1-3-6-16/h1-8,13,18H,9-12,14-15H2,(H,23,26). The first kappa shape index (κ1) is 18.5. The zero-order valence-electron chi connectivity index (χ0n) is 14.7. The van der Waals surface area contributed by atoms with Crippen LogP contribution in [-0.4, -0.2) is 36.3 Å². The van der Waals surface area contributed by atoms with Gasteiger partial charge in [-0.05, 0) is 36.1 Å². The molecule has 0 aromatic heterocycles. The van der Waals surface area contributed by atoms with Crippen LogP contribution in [0.15, 0.2) is 54.6 Å². The van der Waals surface area contributed by atoms with Crippen molar-refractivity contribution < 1.29 is 9.59 Å². The molecule has 1 atom stereocenters. The Morgan fingerprint density at radius 2 is 1.85 bits per heavy atom. The number of hydrogen-bond acceptors (Lipinski definition) is 2. The number of nitrogens with one attached hydrogen (secondary N) is 1. The van der Waals surface area contributed by atoms with Gasteiger partial charge in [0.25, 0.3) is 0 Å². The van der Waals surface area contributed by atoms with Crippen LogP contribution in [0.5, 0.6) is 0 Å². The molecule has 26 heavy (non-hydrogen) atoms. The molecule has 2 aromatic rings. The minimum Gasteiger partial charge on any atom is -0.355 e. The Labute approximate surface area is 159 Å². The van der Waals surface area contributed by atoms with Gasteiger partial charge in [-0.15, -0.1) is 0 Å². The van der Waals surface area contributed by atoms with Crippen LogP contribution in [0.1, 0.15) is 17.5 Å². The molecule has 0 spiro atoms. The summed E-state index contributed by atoms with van der Waals surface area (Å²) in [4.78, 5) is 26.3. The normalized spacial score (nSPS) is 16.7. The first-order chi connectivity index (χ1) is 12.6. The molecule has 1 aliphatic rings. The maximum Gasteiger partial charge on any atom is 0.225 e. The van der Waals surface area contributed by atoms with Crippen molar-refractivity contribution in [3.05, 3.63) is 70.7 Å². The van der Waals surface area contributed by atoms with Crippen molar-refractivity contribution in [1.29, 1.82) is 0 Å². The van der Waals surface area contributed by atoms with Gasteiger partial charge in [-0.3, -0.25) is 9.59 Å². The zero-order valence-corrected chi connectivity index (χ0v) is 15.4. The quantitative estimate of drug-likeness (QED) is 0.814. The molecule has 1 heterocycles. The molecule has 1 saturated heterocycles. The minimum absolute atomic E-state index is 0.0393. The minimum atomic E-state index is -0.252. The van der Waals surface area contributed by atoms with Crippen molar-refractivity contribution in [1.82, 2.24) is 10.2 Å². The Hall–Kier alpha value is -2.33. The molecule has 2 aromatic carbocycles. The van der Waals surface area contributed by atoms with E-state index in [4.69, 9.17) is 11.6 Å². The van der Waals surface area contributed by atoms with Crippen LogP contribution in [-0.2, 0) is 22.4 Å². The molecule has 3 rings (SSSR count). The van der Waals surface area contributed by atoms with Gasteiger partial charge in [0.05, 0.1) is 5.92 Å². The Kier molecular flexibility index (Phi) is 6.29. The molecular weight excluding hydrogens is 348 g/mol. The van der Waals surface area contributed by atoms with Crippen molar-refractivity contribution in [2.45, 2.75) is 19.3 Å². The van der Waals surface area contributed by atoms with Crippen molar-refractivity contribution in [3.8, 4) is 0 Å². The van der Waals surface area contributed by atoms with E-state index >= 15 is 0 Å². The summed E-state index contributed by atoms with van der Waals surface area (Å²) in [7, 11) is 0. The third-order valence-electron chi connectivity index (χ3n) is 4.70. The van der Waals surface area contributed by atoms with Gasteiger partial charge in [0.2, 0.25) is 11.8 Å². The Bertz CT molecular complexity index is 764. The molecule has 1 fully saturated rings. The number of benzene rings is 2. The summed E-state index contributed by atoms with van der Waals surface area (Å²) in [6, 6.07) is 17.7. The van der Waals surface area contributed by atoms with Crippen molar-refractivity contribution in [2.75, 3.05) is 19.6 Å². The number of carbonyl (C=O) groups excluding carboxylic acids is 2. The average molecular weight is 371 g/mol. The summed E-state index contributed by atoms with van der Waals surface area (Å²) < 4.78 is 0. The summed E-state index contributed by atoms with van der Waals surface area (Å²) in [6.07, 6.45) is 1.85. The molecule has 136 valence electrons. The van der Waals surface area contributed by atoms with E-state index < -0.39 is 0 Å². The topological polar surface area (TPSA) is 49.4 Å². The molecular formula is C21H23ClN2O2. The van der Waals surface area contributed by atoms with Crippen molar-refractivity contribution >= 4 is 23.4 Å². The van der Waals surface area contributed by atoms with Crippen LogP contribution in [0.2, 0.25) is 5.02 Å². The fourth-order valence-corrected chi connectivity index (χ4v) is 3.45. The third-order valence-corrected chi connectivity index (χ3v) is 4.94. The monoisotopic (exact) mass is 370 g/mol. The van der Waals surface area contributed by atoms with Gasteiger partial charge >= 0.3 is 0 Å². The number of halogens is 1. The van der Waals surface area contributed by atoms with E-state index in [-0.39, 0.29) is 17.7 Å². The second kappa shape index (κ2) is 8.86. The van der Waals surface area contributed by atoms with E-state index in [0.29, 0.717) is 31.1 Å². The Morgan fingerprint density at radius 3 is 2.62 bits per heavy atom. The predicted molar refractivity (Wildman–Crippen MR) is 103 cm³/mol. The molecule has 1 N–H and O–H groups in total. The van der Waals surface area contributed by atoms with Crippen LogP contribution in [0.3, 0.4) is 0 Å². The van der Waals surface area contributed by atoms with E-state index in [2.05, 4.69) is 17.4 Å². The second-order valence-corrected chi connectivity index (χ2v) is 7.08. The molecule has 4 nitrogen and oxygen atoms in total. The van der Waals surface area contributed by atoms with Crippen LogP contribution >= 0.6 is 11.6 Å². The van der Waals surface area contributed by atoms with Crippen LogP contribution in [0.4, 0.5) is 0 Å². The lowest BCUT2D eigenvalue weighted by atomic mass is 10.1. The van der Waals surface area contributed by atoms with Gasteiger partial charge in [0.1, 0.15) is 0 Å². The summed E-state index contributed by atoms with van der Waals surface area (Å²) in [5, 5.41) is 3.64. The predicted octanol–water partition coefficient (Wildman–Crippen LogP) is 3.09. The van der Waals surface area contributed by atoms with E-state index in [9.17, 15) is 9.59 Å². The third kappa shape index (κ3) is 5.09. The molecule has 0 saturated carbocycles. The van der Waals surface area contributed by atoms with Gasteiger partial charge in [0.15, 0.2) is 0 Å². The van der Waals surface area contributed by atoms with E-state index in [0.717, 1.165) is 18.4 Å². The molecule has 0 bridgehead atoms. The number of amides is 2. The molecule has 2 amide bonds. The van der Waals surface area contributed by atoms with Crippen molar-refractivity contribution in [3.63, 3.8) is 0 Å². The fraction of sp³-hybridized carbons (Fsp3) is 0.333. The zero-order chi connectivity index (χ0) is 18.4. The first-order valence-corrected chi connectivity index (χ1v) is 9.33. The SMILES string of the molecule is O=C(NCCc1cccc(Cl)c1)C1CC(=O)N(CCc2ccccc2)C1. The number of nitrogens with zero attached hydrogens (tertiary/aromatic N) is 1. The summed E-state index contributed by atoms with van der Waals surface area (Å²) in [6.45, 7) is 1.72. The summed E-state index contributed by atoms with van der Waals surface area (Å²) in [5.74, 6) is -0.226. The van der Waals surface area contributed by atoms with Crippen LogP contribution < -0.4 is 5.32 Å². The molecule has 0 aliphatic carbocycles. The highest BCUT2D eigenvalue weighted by Crippen LogP contribution is 2.18. The smallest absolute Gasteiger partial charge is 0.225 e. The van der Waals surface area contributed by atoms with Gasteiger partial charge in [0, 0.05) is 31.1 Å². The molecule has 5 heteroatoms. The highest BCUT2D eigenvalue weighted by Gasteiger charge is 2.33. The highest BCUT2D eigenvalue weighted by molar-refractivity contribution is 6.30. The second-order valence-electron chi connectivity index (χ2n) is 6.65. The van der Waals surface area contributed by atoms with Crippen molar-refractivity contribution in [2.24, 2.45) is 5.92 Å². The van der Waals surface area contributed by atoms with Gasteiger partial charge in [-0.2, -0.15) is 0 Å². The van der Waals surface area contributed by atoms with Crippen LogP contribution in [0.25, 0.3) is 0 Å². The number of likely N-dealkylation sites (tertiary alicyclic amines) is 1. The average Bonchev–Trinajstić information content (AvgIpc) is 3.02. The molecule has 1 unspecified atom stereocenters. The maximum atomic E-state index is 12.4.